The lowest BCUT2D eigenvalue weighted by atomic mass is 10.0. The van der Waals surface area contributed by atoms with E-state index in [0.29, 0.717) is 11.3 Å². The minimum Gasteiger partial charge on any atom is -0.485 e. The number of alkyl halides is 2. The third-order valence-electron chi connectivity index (χ3n) is 8.12. The van der Waals surface area contributed by atoms with Crippen LogP contribution in [0.15, 0.2) is 70.5 Å². The van der Waals surface area contributed by atoms with Gasteiger partial charge in [0.05, 0.1) is 11.6 Å². The van der Waals surface area contributed by atoms with Gasteiger partial charge in [-0.05, 0) is 55.0 Å². The Balaban J connectivity index is 1.34. The molecular formula is C33H32F5N7O5S. The maximum absolute atomic E-state index is 14.3. The summed E-state index contributed by atoms with van der Waals surface area (Å²) in [4.78, 5) is 20.1. The molecule has 0 saturated heterocycles. The van der Waals surface area contributed by atoms with E-state index in [1.54, 1.807) is 6.92 Å². The van der Waals surface area contributed by atoms with E-state index >= 15 is 0 Å². The minimum atomic E-state index is -4.62. The van der Waals surface area contributed by atoms with Crippen LogP contribution in [0.25, 0.3) is 6.08 Å². The molecule has 0 amide bonds. The minimum absolute atomic E-state index is 0.0470. The van der Waals surface area contributed by atoms with E-state index in [4.69, 9.17) is 26.4 Å². The predicted molar refractivity (Wildman–Crippen MR) is 178 cm³/mol. The molecule has 1 fully saturated rings. The summed E-state index contributed by atoms with van der Waals surface area (Å²) in [6.07, 6.45) is 3.04. The van der Waals surface area contributed by atoms with E-state index in [1.807, 2.05) is 0 Å². The molecule has 18 heteroatoms. The summed E-state index contributed by atoms with van der Waals surface area (Å²) in [5.74, 6) is -6.59. The first-order valence-electron chi connectivity index (χ1n) is 15.2. The molecule has 1 saturated carbocycles. The number of benzene rings is 2. The number of rotatable bonds is 13. The van der Waals surface area contributed by atoms with Crippen molar-refractivity contribution in [3.8, 4) is 11.5 Å². The number of ether oxygens (including phenoxy) is 2. The molecule has 3 aromatic rings. The number of pyridine rings is 1. The van der Waals surface area contributed by atoms with Crippen LogP contribution in [0.3, 0.4) is 0 Å². The number of aromatic nitrogens is 1. The lowest BCUT2D eigenvalue weighted by Crippen LogP contribution is -2.46. The van der Waals surface area contributed by atoms with Crippen LogP contribution in [-0.4, -0.2) is 50.0 Å². The van der Waals surface area contributed by atoms with Crippen molar-refractivity contribution in [3.63, 3.8) is 0 Å². The lowest BCUT2D eigenvalue weighted by Gasteiger charge is -2.26. The van der Waals surface area contributed by atoms with Gasteiger partial charge in [0.15, 0.2) is 29.1 Å². The fourth-order valence-electron chi connectivity index (χ4n) is 5.41. The van der Waals surface area contributed by atoms with Crippen LogP contribution in [-0.2, 0) is 14.8 Å². The van der Waals surface area contributed by atoms with Gasteiger partial charge in [0.25, 0.3) is 16.4 Å². The second-order valence-electron chi connectivity index (χ2n) is 11.9. The Kier molecular flexibility index (Phi) is 10.5. The average Bonchev–Trinajstić information content (AvgIpc) is 3.66. The molecule has 2 heterocycles. The van der Waals surface area contributed by atoms with Gasteiger partial charge in [-0.2, -0.15) is 4.39 Å². The predicted octanol–water partition coefficient (Wildman–Crippen LogP) is 4.92. The number of sulfonamides is 1. The summed E-state index contributed by atoms with van der Waals surface area (Å²) in [5.41, 5.74) is 11.7. The maximum Gasteiger partial charge on any atom is 0.272 e. The monoisotopic (exact) mass is 733 g/mol. The molecule has 5 rings (SSSR count). The maximum atomic E-state index is 14.3. The van der Waals surface area contributed by atoms with Gasteiger partial charge < -0.3 is 31.7 Å². The molecule has 0 spiro atoms. The molecule has 2 aliphatic rings. The number of para-hydroxylation sites is 1. The number of nitrogens with zero attached hydrogens (tertiary/aromatic N) is 2. The number of nitrogens with one attached hydrogen (secondary N) is 3. The van der Waals surface area contributed by atoms with E-state index in [9.17, 15) is 35.2 Å². The fraction of sp³-hybridized carbons (Fsp3) is 0.273. The number of halogens is 5. The van der Waals surface area contributed by atoms with Gasteiger partial charge in [-0.3, -0.25) is 9.52 Å². The van der Waals surface area contributed by atoms with Crippen LogP contribution in [0.2, 0.25) is 0 Å². The number of nitrogens with two attached hydrogens (primary N) is 2. The normalized spacial score (nSPS) is 21.5. The number of carbonyl (C=O) groups is 1. The topological polar surface area (TPSA) is 195 Å². The molecule has 0 bridgehead atoms. The second kappa shape index (κ2) is 14.5. The fourth-order valence-corrected chi connectivity index (χ4v) is 6.58. The van der Waals surface area contributed by atoms with Gasteiger partial charge in [0, 0.05) is 53.8 Å². The van der Waals surface area contributed by atoms with Crippen molar-refractivity contribution in [1.82, 2.24) is 10.3 Å². The number of anilines is 2. The van der Waals surface area contributed by atoms with Crippen molar-refractivity contribution in [2.45, 2.75) is 37.3 Å². The van der Waals surface area contributed by atoms with E-state index in [0.717, 1.165) is 48.8 Å². The summed E-state index contributed by atoms with van der Waals surface area (Å²) in [6.45, 7) is 2.14. The number of allylic oxidation sites excluding steroid dienone is 2. The zero-order valence-corrected chi connectivity index (χ0v) is 27.8. The number of carbonyl (C=O) groups excluding carboxylic acids is 1. The molecule has 270 valence electrons. The first kappa shape index (κ1) is 36.9. The molecule has 51 heavy (non-hydrogen) atoms. The summed E-state index contributed by atoms with van der Waals surface area (Å²) in [5, 5.41) is 10.9. The zero-order valence-electron chi connectivity index (χ0n) is 27.0. The van der Waals surface area contributed by atoms with Gasteiger partial charge in [0.1, 0.15) is 22.9 Å². The molecule has 12 nitrogen and oxygen atoms in total. The van der Waals surface area contributed by atoms with Crippen molar-refractivity contribution >= 4 is 45.4 Å². The van der Waals surface area contributed by atoms with Crippen LogP contribution >= 0.6 is 0 Å². The quantitative estimate of drug-likeness (QED) is 0.0405. The van der Waals surface area contributed by atoms with E-state index < -0.39 is 74.6 Å². The van der Waals surface area contributed by atoms with Crippen LogP contribution < -0.4 is 31.0 Å². The molecular weight excluding hydrogens is 701 g/mol. The highest BCUT2D eigenvalue weighted by molar-refractivity contribution is 7.92. The van der Waals surface area contributed by atoms with Crippen LogP contribution in [0.4, 0.5) is 33.3 Å². The zero-order chi connectivity index (χ0) is 37.2. The van der Waals surface area contributed by atoms with Gasteiger partial charge in [0.2, 0.25) is 5.95 Å². The highest BCUT2D eigenvalue weighted by Gasteiger charge is 2.65. The van der Waals surface area contributed by atoms with Crippen LogP contribution in [0, 0.1) is 47.7 Å². The molecule has 7 N–H and O–H groups in total. The Hall–Kier alpha value is -5.36. The second-order valence-corrected chi connectivity index (χ2v) is 13.6. The Morgan fingerprint density at radius 2 is 1.90 bits per heavy atom. The van der Waals surface area contributed by atoms with E-state index in [2.05, 4.69) is 20.0 Å². The number of aliphatic imine (C=N–C) groups is 1. The van der Waals surface area contributed by atoms with Crippen molar-refractivity contribution in [2.75, 3.05) is 17.1 Å². The standard InChI is InChI=1S/C33H32F5N7O5S/c1-16-8-27(32(38)43-13-16)51(47,48)45-23-11-22(40)18(10-26(23)49-15-28(36)37)6-7-25(46)30-19(12-39)33(30,41)44-24-14-42-29(9-17(24)2)50-31-20(34)4-3-5-21(31)35/h3-8,10-14,17,19,28,30,39,44-45H,9,15,40-41H2,1-2H3/b7-6+,39-12?. The van der Waals surface area contributed by atoms with E-state index in [-0.39, 0.29) is 40.9 Å². The average molecular weight is 734 g/mol. The Morgan fingerprint density at radius 1 is 1.20 bits per heavy atom. The summed E-state index contributed by atoms with van der Waals surface area (Å²) in [6, 6.07) is 6.51. The lowest BCUT2D eigenvalue weighted by molar-refractivity contribution is -0.116. The SMILES string of the molecule is Cc1cnc(F)c(S(=O)(=O)Nc2cc(N)c(/C=C/C(=O)C3C(C=N)C3(N)NC3=CN=C(Oc4c(F)cccc4F)CC3C)cc2OCC(F)F)c1. The van der Waals surface area contributed by atoms with Crippen molar-refractivity contribution in [1.29, 1.82) is 5.41 Å². The molecule has 2 aromatic carbocycles. The largest absolute Gasteiger partial charge is 0.485 e. The first-order valence-corrected chi connectivity index (χ1v) is 16.7. The molecule has 4 unspecified atom stereocenters. The van der Waals surface area contributed by atoms with Gasteiger partial charge in [-0.25, -0.2) is 36.0 Å². The number of aryl methyl sites for hydroxylation is 1. The number of ketones is 1. The summed E-state index contributed by atoms with van der Waals surface area (Å²) in [7, 11) is -4.62. The molecule has 1 aliphatic heterocycles. The number of nitrogen functional groups attached to an aromatic ring is 1. The van der Waals surface area contributed by atoms with Gasteiger partial charge >= 0.3 is 0 Å². The molecule has 4 atom stereocenters. The van der Waals surface area contributed by atoms with E-state index in [1.165, 1.54) is 25.3 Å². The Morgan fingerprint density at radius 3 is 2.55 bits per heavy atom. The third kappa shape index (κ3) is 8.01. The Labute approximate surface area is 289 Å². The first-order chi connectivity index (χ1) is 24.0. The van der Waals surface area contributed by atoms with Crippen molar-refractivity contribution < 1.29 is 44.6 Å². The molecule has 1 aliphatic carbocycles. The number of hydrogen-bond acceptors (Lipinski definition) is 11. The third-order valence-corrected chi connectivity index (χ3v) is 9.47. The number of hydrogen-bond donors (Lipinski definition) is 5. The smallest absolute Gasteiger partial charge is 0.272 e. The highest BCUT2D eigenvalue weighted by atomic mass is 32.2. The van der Waals surface area contributed by atoms with Crippen molar-refractivity contribution in [2.24, 2.45) is 28.5 Å². The van der Waals surface area contributed by atoms with Gasteiger partial charge in [-0.1, -0.05) is 13.0 Å². The molecule has 0 radical (unpaired) electrons. The van der Waals surface area contributed by atoms with Crippen molar-refractivity contribution in [3.05, 3.63) is 89.3 Å². The van der Waals surface area contributed by atoms with Crippen LogP contribution in [0.1, 0.15) is 24.5 Å². The van der Waals surface area contributed by atoms with Crippen LogP contribution in [0.5, 0.6) is 11.5 Å². The molecule has 1 aromatic heterocycles. The summed E-state index contributed by atoms with van der Waals surface area (Å²) < 4.78 is 107. The highest BCUT2D eigenvalue weighted by Crippen LogP contribution is 2.47. The van der Waals surface area contributed by atoms with Gasteiger partial charge in [-0.15, -0.1) is 0 Å². The Bertz CT molecular complexity index is 2060. The summed E-state index contributed by atoms with van der Waals surface area (Å²) >= 11 is 0.